The van der Waals surface area contributed by atoms with Gasteiger partial charge >= 0.3 is 0 Å². The number of rotatable bonds is 7. The zero-order valence-corrected chi connectivity index (χ0v) is 16.9. The molecule has 2 aromatic carbocycles. The van der Waals surface area contributed by atoms with E-state index in [0.29, 0.717) is 18.7 Å². The van der Waals surface area contributed by atoms with E-state index in [-0.39, 0.29) is 23.7 Å². The number of aliphatic hydroxyl groups is 1. The number of likely N-dealkylation sites (tertiary alicyclic amines) is 1. The van der Waals surface area contributed by atoms with Crippen molar-refractivity contribution in [1.29, 1.82) is 0 Å². The maximum Gasteiger partial charge on any atom is 0.269 e. The molecule has 0 bridgehead atoms. The normalized spacial score (nSPS) is 18.9. The van der Waals surface area contributed by atoms with Gasteiger partial charge in [-0.05, 0) is 17.5 Å². The number of hydrogen-bond acceptors (Lipinski definition) is 5. The second-order valence-corrected chi connectivity index (χ2v) is 7.73. The standard InChI is InChI=1S/C21H24ClN3O4/c1-23(21(27)20(22)16-7-9-17(10-8-16)25(28)29)19(15-5-3-2-4-6-15)14-24-12-11-18(26)13-24/h2-10,18-20,26H,11-14H2,1H3. The van der Waals surface area contributed by atoms with Crippen LogP contribution in [-0.2, 0) is 4.79 Å². The maximum absolute atomic E-state index is 13.1. The molecule has 0 spiro atoms. The molecule has 1 saturated heterocycles. The molecule has 1 fully saturated rings. The van der Waals surface area contributed by atoms with Gasteiger partial charge in [0.05, 0.1) is 17.1 Å². The summed E-state index contributed by atoms with van der Waals surface area (Å²) in [5.41, 5.74) is 1.45. The van der Waals surface area contributed by atoms with Crippen molar-refractivity contribution in [2.45, 2.75) is 23.9 Å². The molecule has 2 aromatic rings. The SMILES string of the molecule is CN(C(=O)C(Cl)c1ccc([N+](=O)[O-])cc1)C(CN1CCC(O)C1)c1ccccc1. The van der Waals surface area contributed by atoms with E-state index in [2.05, 4.69) is 4.90 Å². The summed E-state index contributed by atoms with van der Waals surface area (Å²) in [7, 11) is 1.72. The summed E-state index contributed by atoms with van der Waals surface area (Å²) >= 11 is 6.44. The molecule has 0 aromatic heterocycles. The fourth-order valence-corrected chi connectivity index (χ4v) is 3.89. The molecule has 7 nitrogen and oxygen atoms in total. The fraction of sp³-hybridized carbons (Fsp3) is 0.381. The first-order valence-electron chi connectivity index (χ1n) is 9.47. The lowest BCUT2D eigenvalue weighted by atomic mass is 10.0. The minimum Gasteiger partial charge on any atom is -0.392 e. The van der Waals surface area contributed by atoms with Crippen molar-refractivity contribution in [2.75, 3.05) is 26.7 Å². The van der Waals surface area contributed by atoms with Crippen molar-refractivity contribution in [1.82, 2.24) is 9.80 Å². The molecule has 29 heavy (non-hydrogen) atoms. The Morgan fingerprint density at radius 1 is 1.24 bits per heavy atom. The quantitative estimate of drug-likeness (QED) is 0.425. The maximum atomic E-state index is 13.1. The minimum absolute atomic E-state index is 0.0480. The molecule has 0 radical (unpaired) electrons. The number of β-amino-alcohol motifs (C(OH)–C–C–N with tert-alkyl or cyclic N) is 1. The van der Waals surface area contributed by atoms with E-state index in [1.54, 1.807) is 11.9 Å². The minimum atomic E-state index is -0.948. The van der Waals surface area contributed by atoms with Gasteiger partial charge in [-0.2, -0.15) is 0 Å². The highest BCUT2D eigenvalue weighted by Crippen LogP contribution is 2.30. The van der Waals surface area contributed by atoms with Gasteiger partial charge in [0.2, 0.25) is 5.91 Å². The molecule has 1 heterocycles. The number of benzene rings is 2. The number of non-ortho nitro benzene ring substituents is 1. The van der Waals surface area contributed by atoms with E-state index in [1.165, 1.54) is 24.3 Å². The Bertz CT molecular complexity index is 847. The number of amides is 1. The van der Waals surface area contributed by atoms with Crippen LogP contribution in [0.4, 0.5) is 5.69 Å². The molecular formula is C21H24ClN3O4. The molecule has 3 atom stereocenters. The summed E-state index contributed by atoms with van der Waals surface area (Å²) in [6.45, 7) is 1.95. The van der Waals surface area contributed by atoms with E-state index >= 15 is 0 Å². The number of carbonyl (C=O) groups excluding carboxylic acids is 1. The van der Waals surface area contributed by atoms with Crippen LogP contribution in [0.2, 0.25) is 0 Å². The van der Waals surface area contributed by atoms with Gasteiger partial charge in [-0.15, -0.1) is 11.6 Å². The highest BCUT2D eigenvalue weighted by atomic mass is 35.5. The summed E-state index contributed by atoms with van der Waals surface area (Å²) in [6, 6.07) is 15.2. The average molecular weight is 418 g/mol. The average Bonchev–Trinajstić information content (AvgIpc) is 3.16. The highest BCUT2D eigenvalue weighted by molar-refractivity contribution is 6.30. The number of nitrogens with zero attached hydrogens (tertiary/aromatic N) is 3. The lowest BCUT2D eigenvalue weighted by Crippen LogP contribution is -2.40. The highest BCUT2D eigenvalue weighted by Gasteiger charge is 2.31. The number of alkyl halides is 1. The summed E-state index contributed by atoms with van der Waals surface area (Å²) in [6.07, 6.45) is 0.383. The van der Waals surface area contributed by atoms with E-state index in [4.69, 9.17) is 11.6 Å². The van der Waals surface area contributed by atoms with Gasteiger partial charge < -0.3 is 10.0 Å². The van der Waals surface area contributed by atoms with E-state index in [9.17, 15) is 20.0 Å². The monoisotopic (exact) mass is 417 g/mol. The molecule has 3 rings (SSSR count). The number of aliphatic hydroxyl groups excluding tert-OH is 1. The number of nitro benzene ring substituents is 1. The van der Waals surface area contributed by atoms with Gasteiger partial charge in [0.1, 0.15) is 5.38 Å². The van der Waals surface area contributed by atoms with Crippen molar-refractivity contribution in [3.8, 4) is 0 Å². The van der Waals surface area contributed by atoms with Crippen molar-refractivity contribution in [3.05, 3.63) is 75.8 Å². The van der Waals surface area contributed by atoms with Crippen molar-refractivity contribution in [2.24, 2.45) is 0 Å². The third-order valence-corrected chi connectivity index (χ3v) is 5.73. The summed E-state index contributed by atoms with van der Waals surface area (Å²) in [4.78, 5) is 27.2. The lowest BCUT2D eigenvalue weighted by Gasteiger charge is -2.33. The summed E-state index contributed by atoms with van der Waals surface area (Å²) in [5, 5.41) is 19.7. The van der Waals surface area contributed by atoms with Crippen LogP contribution >= 0.6 is 11.6 Å². The Labute approximate surface area is 174 Å². The van der Waals surface area contributed by atoms with Crippen molar-refractivity contribution < 1.29 is 14.8 Å². The number of hydrogen-bond donors (Lipinski definition) is 1. The van der Waals surface area contributed by atoms with Crippen LogP contribution in [0, 0.1) is 10.1 Å². The molecule has 1 amide bonds. The van der Waals surface area contributed by atoms with Crippen LogP contribution in [0.15, 0.2) is 54.6 Å². The number of nitro groups is 1. The third kappa shape index (κ3) is 5.12. The summed E-state index contributed by atoms with van der Waals surface area (Å²) in [5.74, 6) is -0.283. The Morgan fingerprint density at radius 2 is 1.90 bits per heavy atom. The molecule has 0 saturated carbocycles. The molecule has 154 valence electrons. The van der Waals surface area contributed by atoms with Crippen molar-refractivity contribution in [3.63, 3.8) is 0 Å². The van der Waals surface area contributed by atoms with E-state index < -0.39 is 10.3 Å². The molecule has 3 unspecified atom stereocenters. The second-order valence-electron chi connectivity index (χ2n) is 7.29. The van der Waals surface area contributed by atoms with Crippen LogP contribution in [0.5, 0.6) is 0 Å². The first-order chi connectivity index (χ1) is 13.9. The van der Waals surface area contributed by atoms with Gasteiger partial charge in [0.25, 0.3) is 5.69 Å². The number of halogens is 1. The predicted octanol–water partition coefficient (Wildman–Crippen LogP) is 3.14. The van der Waals surface area contributed by atoms with Gasteiger partial charge in [-0.25, -0.2) is 0 Å². The first kappa shape index (κ1) is 21.2. The van der Waals surface area contributed by atoms with Crippen LogP contribution < -0.4 is 0 Å². The second kappa shape index (κ2) is 9.35. The van der Waals surface area contributed by atoms with Gasteiger partial charge in [-0.3, -0.25) is 19.8 Å². The Kier molecular flexibility index (Phi) is 6.84. The molecule has 8 heteroatoms. The Balaban J connectivity index is 1.79. The predicted molar refractivity (Wildman–Crippen MR) is 111 cm³/mol. The summed E-state index contributed by atoms with van der Waals surface area (Å²) < 4.78 is 0. The van der Waals surface area contributed by atoms with Gasteiger partial charge in [0, 0.05) is 38.8 Å². The van der Waals surface area contributed by atoms with Crippen molar-refractivity contribution >= 4 is 23.2 Å². The molecular weight excluding hydrogens is 394 g/mol. The lowest BCUT2D eigenvalue weighted by molar-refractivity contribution is -0.384. The van der Waals surface area contributed by atoms with Crippen LogP contribution in [0.3, 0.4) is 0 Å². The van der Waals surface area contributed by atoms with Crippen LogP contribution in [0.25, 0.3) is 0 Å². The smallest absolute Gasteiger partial charge is 0.269 e. The molecule has 1 N–H and O–H groups in total. The fourth-order valence-electron chi connectivity index (χ4n) is 3.59. The number of likely N-dealkylation sites (N-methyl/N-ethyl adjacent to an activating group) is 1. The Morgan fingerprint density at radius 3 is 2.45 bits per heavy atom. The molecule has 1 aliphatic heterocycles. The first-order valence-corrected chi connectivity index (χ1v) is 9.91. The number of carbonyl (C=O) groups is 1. The van der Waals surface area contributed by atoms with Crippen LogP contribution in [0.1, 0.15) is 29.0 Å². The van der Waals surface area contributed by atoms with Gasteiger partial charge in [0.15, 0.2) is 0 Å². The third-order valence-electron chi connectivity index (χ3n) is 5.29. The Hall–Kier alpha value is -2.48. The topological polar surface area (TPSA) is 86.9 Å². The molecule has 1 aliphatic rings. The van der Waals surface area contributed by atoms with E-state index in [0.717, 1.165) is 18.5 Å². The van der Waals surface area contributed by atoms with E-state index in [1.807, 2.05) is 30.3 Å². The zero-order valence-electron chi connectivity index (χ0n) is 16.1. The van der Waals surface area contributed by atoms with Gasteiger partial charge in [-0.1, -0.05) is 42.5 Å². The van der Waals surface area contributed by atoms with Crippen LogP contribution in [-0.4, -0.2) is 58.5 Å². The largest absolute Gasteiger partial charge is 0.392 e. The molecule has 0 aliphatic carbocycles. The zero-order chi connectivity index (χ0) is 21.0.